The van der Waals surface area contributed by atoms with E-state index in [9.17, 15) is 0 Å². The largest absolute Gasteiger partial charge is 0.309 e. The second kappa shape index (κ2) is 12.2. The molecule has 0 saturated carbocycles. The zero-order valence-electron chi connectivity index (χ0n) is 33.6. The van der Waals surface area contributed by atoms with Crippen molar-refractivity contribution in [3.8, 4) is 61.7 Å². The van der Waals surface area contributed by atoms with E-state index < -0.39 is 0 Å². The predicted octanol–water partition coefficient (Wildman–Crippen LogP) is 14.3. The maximum absolute atomic E-state index is 5.39. The molecule has 2 aromatic heterocycles. The van der Waals surface area contributed by atoms with Crippen molar-refractivity contribution < 1.29 is 0 Å². The van der Waals surface area contributed by atoms with Gasteiger partial charge in [-0.25, -0.2) is 9.97 Å². The maximum atomic E-state index is 5.39. The smallest absolute Gasteiger partial charge is 0.161 e. The molecule has 0 amide bonds. The molecule has 0 aliphatic heterocycles. The van der Waals surface area contributed by atoms with Gasteiger partial charge in [-0.05, 0) is 98.1 Å². The summed E-state index contributed by atoms with van der Waals surface area (Å²) < 4.78 is 2.44. The van der Waals surface area contributed by atoms with Crippen molar-refractivity contribution in [3.05, 3.63) is 198 Å². The molecule has 0 unspecified atom stereocenters. The number of para-hydroxylation sites is 2. The van der Waals surface area contributed by atoms with Crippen LogP contribution in [0.1, 0.15) is 49.9 Å². The lowest BCUT2D eigenvalue weighted by Gasteiger charge is -2.21. The zero-order valence-corrected chi connectivity index (χ0v) is 33.6. The molecule has 0 N–H and O–H groups in total. The fourth-order valence-electron chi connectivity index (χ4n) is 10.4. The van der Waals surface area contributed by atoms with Crippen molar-refractivity contribution in [1.29, 1.82) is 0 Å². The van der Waals surface area contributed by atoms with Crippen LogP contribution in [-0.4, -0.2) is 14.5 Å². The number of benzene rings is 8. The average Bonchev–Trinajstić information content (AvgIpc) is 3.81. The van der Waals surface area contributed by atoms with Crippen LogP contribution in [0.15, 0.2) is 176 Å². The van der Waals surface area contributed by atoms with Crippen LogP contribution in [0.3, 0.4) is 0 Å². The molecular formula is C56H41N3. The van der Waals surface area contributed by atoms with Crippen molar-refractivity contribution in [1.82, 2.24) is 14.5 Å². The Morgan fingerprint density at radius 1 is 0.390 bits per heavy atom. The highest BCUT2D eigenvalue weighted by Crippen LogP contribution is 2.53. The van der Waals surface area contributed by atoms with E-state index in [1.807, 2.05) is 0 Å². The summed E-state index contributed by atoms with van der Waals surface area (Å²) in [4.78, 5) is 10.6. The molecule has 0 spiro atoms. The molecule has 10 aromatic rings. The van der Waals surface area contributed by atoms with Crippen LogP contribution in [0.4, 0.5) is 0 Å². The first-order valence-corrected chi connectivity index (χ1v) is 20.7. The monoisotopic (exact) mass is 755 g/mol. The molecule has 0 bridgehead atoms. The second-order valence-electron chi connectivity index (χ2n) is 17.4. The molecule has 12 rings (SSSR count). The van der Waals surface area contributed by atoms with Crippen molar-refractivity contribution >= 4 is 32.7 Å². The van der Waals surface area contributed by atoms with Crippen molar-refractivity contribution in [2.45, 2.75) is 38.5 Å². The fourth-order valence-corrected chi connectivity index (χ4v) is 10.4. The van der Waals surface area contributed by atoms with Gasteiger partial charge in [0.05, 0.1) is 22.2 Å². The van der Waals surface area contributed by atoms with Gasteiger partial charge in [-0.15, -0.1) is 0 Å². The Hall–Kier alpha value is -7.10. The summed E-state index contributed by atoms with van der Waals surface area (Å²) in [6, 6.07) is 64.3. The normalized spacial score (nSPS) is 14.4. The Labute approximate surface area is 344 Å². The van der Waals surface area contributed by atoms with Gasteiger partial charge in [-0.1, -0.05) is 161 Å². The lowest BCUT2D eigenvalue weighted by Crippen LogP contribution is -2.14. The van der Waals surface area contributed by atoms with Gasteiger partial charge in [-0.2, -0.15) is 0 Å². The topological polar surface area (TPSA) is 30.7 Å². The lowest BCUT2D eigenvalue weighted by atomic mass is 9.82. The minimum atomic E-state index is -0.0979. The van der Waals surface area contributed by atoms with Crippen LogP contribution in [0, 0.1) is 0 Å². The molecule has 3 nitrogen and oxygen atoms in total. The molecule has 280 valence electrons. The van der Waals surface area contributed by atoms with Crippen molar-refractivity contribution in [3.63, 3.8) is 0 Å². The summed E-state index contributed by atoms with van der Waals surface area (Å²) in [6.07, 6.45) is 0. The fraction of sp³-hybridized carbons (Fsp3) is 0.107. The Morgan fingerprint density at radius 3 is 1.81 bits per heavy atom. The number of aromatic nitrogens is 3. The predicted molar refractivity (Wildman–Crippen MR) is 245 cm³/mol. The standard InChI is InChI=1S/C56H41N3/c1-55(2)46-22-12-9-18-39(46)52-41(20-14-23-47(52)55)54-57-49-24-13-10-19-40(49)53(58-54)35-27-25-34(26-28-35)36-29-30-50-43(31-36)44-32-42-38-17-8-11-21-45(38)56(3,4)48(42)33-51(44)59(50)37-15-6-5-7-16-37/h5-33H,1-4H3. The minimum Gasteiger partial charge on any atom is -0.309 e. The van der Waals surface area contributed by atoms with E-state index in [4.69, 9.17) is 9.97 Å². The first kappa shape index (κ1) is 34.0. The van der Waals surface area contributed by atoms with E-state index in [1.54, 1.807) is 0 Å². The molecule has 0 saturated heterocycles. The van der Waals surface area contributed by atoms with Gasteiger partial charge >= 0.3 is 0 Å². The summed E-state index contributed by atoms with van der Waals surface area (Å²) in [7, 11) is 0. The third-order valence-corrected chi connectivity index (χ3v) is 13.4. The molecule has 3 heteroatoms. The summed E-state index contributed by atoms with van der Waals surface area (Å²) in [5, 5.41) is 3.57. The Bertz CT molecular complexity index is 3370. The number of nitrogens with zero attached hydrogens (tertiary/aromatic N) is 3. The number of fused-ring (bicyclic) bond motifs is 10. The first-order chi connectivity index (χ1) is 28.8. The third-order valence-electron chi connectivity index (χ3n) is 13.4. The Balaban J connectivity index is 0.997. The van der Waals surface area contributed by atoms with Crippen LogP contribution >= 0.6 is 0 Å². The Morgan fingerprint density at radius 2 is 1.00 bits per heavy atom. The quantitative estimate of drug-likeness (QED) is 0.179. The zero-order chi connectivity index (χ0) is 39.6. The Kier molecular flexibility index (Phi) is 7.03. The lowest BCUT2D eigenvalue weighted by molar-refractivity contribution is 0.660. The molecule has 8 aromatic carbocycles. The number of hydrogen-bond acceptors (Lipinski definition) is 2. The maximum Gasteiger partial charge on any atom is 0.161 e. The van der Waals surface area contributed by atoms with Crippen molar-refractivity contribution in [2.24, 2.45) is 0 Å². The van der Waals surface area contributed by atoms with Gasteiger partial charge in [0.1, 0.15) is 0 Å². The van der Waals surface area contributed by atoms with E-state index in [0.717, 1.165) is 33.5 Å². The van der Waals surface area contributed by atoms with Gasteiger partial charge in [0, 0.05) is 43.8 Å². The summed E-state index contributed by atoms with van der Waals surface area (Å²) >= 11 is 0. The highest BCUT2D eigenvalue weighted by molar-refractivity contribution is 6.13. The van der Waals surface area contributed by atoms with Gasteiger partial charge in [0.25, 0.3) is 0 Å². The highest BCUT2D eigenvalue weighted by atomic mass is 15.0. The molecule has 2 aliphatic rings. The SMILES string of the molecule is CC1(C)c2ccccc2-c2cc3c4cc(-c5ccc(-c6nc(-c7cccc8c7-c7ccccc7C8(C)C)nc7ccccc67)cc5)ccc4n(-c4ccccc4)c3cc21. The molecule has 0 radical (unpaired) electrons. The number of hydrogen-bond donors (Lipinski definition) is 0. The van der Waals surface area contributed by atoms with E-state index >= 15 is 0 Å². The van der Waals surface area contributed by atoms with Gasteiger partial charge in [0.2, 0.25) is 0 Å². The summed E-state index contributed by atoms with van der Waals surface area (Å²) in [5.74, 6) is 0.755. The van der Waals surface area contributed by atoms with Gasteiger partial charge < -0.3 is 4.57 Å². The summed E-state index contributed by atoms with van der Waals surface area (Å²) in [5.41, 5.74) is 20.5. The number of rotatable bonds is 4. The van der Waals surface area contributed by atoms with Crippen LogP contribution in [0.25, 0.3) is 94.4 Å². The van der Waals surface area contributed by atoms with E-state index in [-0.39, 0.29) is 10.8 Å². The first-order valence-electron chi connectivity index (χ1n) is 20.7. The molecule has 2 aliphatic carbocycles. The van der Waals surface area contributed by atoms with E-state index in [1.165, 1.54) is 83.1 Å². The second-order valence-corrected chi connectivity index (χ2v) is 17.4. The van der Waals surface area contributed by atoms with E-state index in [0.29, 0.717) is 0 Å². The van der Waals surface area contributed by atoms with E-state index in [2.05, 4.69) is 208 Å². The highest BCUT2D eigenvalue weighted by Gasteiger charge is 2.38. The average molecular weight is 756 g/mol. The summed E-state index contributed by atoms with van der Waals surface area (Å²) in [6.45, 7) is 9.36. The molecule has 0 atom stereocenters. The van der Waals surface area contributed by atoms with Gasteiger partial charge in [0.15, 0.2) is 5.82 Å². The molecular weight excluding hydrogens is 715 g/mol. The molecule has 0 fully saturated rings. The van der Waals surface area contributed by atoms with Gasteiger partial charge in [-0.3, -0.25) is 0 Å². The van der Waals surface area contributed by atoms with Crippen LogP contribution < -0.4 is 0 Å². The van der Waals surface area contributed by atoms with Crippen LogP contribution in [-0.2, 0) is 10.8 Å². The third kappa shape index (κ3) is 4.82. The molecule has 2 heterocycles. The molecule has 59 heavy (non-hydrogen) atoms. The van der Waals surface area contributed by atoms with Crippen LogP contribution in [0.5, 0.6) is 0 Å². The van der Waals surface area contributed by atoms with Crippen LogP contribution in [0.2, 0.25) is 0 Å². The minimum absolute atomic E-state index is 0.0791. The van der Waals surface area contributed by atoms with Crippen molar-refractivity contribution in [2.75, 3.05) is 0 Å².